The van der Waals surface area contributed by atoms with Crippen LogP contribution in [0.15, 0.2) is 12.1 Å². The number of hydrogen-bond acceptors (Lipinski definition) is 5. The van der Waals surface area contributed by atoms with Gasteiger partial charge in [0.15, 0.2) is 5.65 Å². The molecule has 2 saturated heterocycles. The molecule has 0 saturated carbocycles. The second-order valence-electron chi connectivity index (χ2n) is 5.27. The molecule has 0 amide bonds. The van der Waals surface area contributed by atoms with Gasteiger partial charge in [-0.25, -0.2) is 4.98 Å². The molecule has 2 fully saturated rings. The molecule has 2 aromatic heterocycles. The van der Waals surface area contributed by atoms with Crippen LogP contribution in [0.2, 0.25) is 10.4 Å². The molecule has 2 aromatic rings. The second kappa shape index (κ2) is 4.69. The predicted octanol–water partition coefficient (Wildman–Crippen LogP) is 2.56. The number of halogens is 2. The summed E-state index contributed by atoms with van der Waals surface area (Å²) in [7, 11) is 0. The first-order valence-electron chi connectivity index (χ1n) is 6.55. The number of rotatable bonds is 1. The zero-order valence-corrected chi connectivity index (χ0v) is 12.1. The average Bonchev–Trinajstić information content (AvgIpc) is 2.71. The van der Waals surface area contributed by atoms with E-state index >= 15 is 0 Å². The van der Waals surface area contributed by atoms with Crippen molar-refractivity contribution in [2.45, 2.75) is 12.5 Å². The van der Waals surface area contributed by atoms with Gasteiger partial charge in [-0.2, -0.15) is 9.97 Å². The normalized spacial score (nSPS) is 25.4. The van der Waals surface area contributed by atoms with Crippen molar-refractivity contribution < 1.29 is 4.74 Å². The van der Waals surface area contributed by atoms with Crippen molar-refractivity contribution in [2.24, 2.45) is 5.92 Å². The lowest BCUT2D eigenvalue weighted by Gasteiger charge is -2.26. The van der Waals surface area contributed by atoms with Crippen molar-refractivity contribution in [3.05, 3.63) is 22.6 Å². The van der Waals surface area contributed by atoms with Gasteiger partial charge < -0.3 is 9.64 Å². The topological polar surface area (TPSA) is 51.1 Å². The van der Waals surface area contributed by atoms with E-state index in [9.17, 15) is 0 Å². The first-order chi connectivity index (χ1) is 9.70. The minimum absolute atomic E-state index is 0.199. The van der Waals surface area contributed by atoms with E-state index in [4.69, 9.17) is 27.9 Å². The lowest BCUT2D eigenvalue weighted by Crippen LogP contribution is -2.33. The Morgan fingerprint density at radius 3 is 2.90 bits per heavy atom. The molecular formula is C13H12Cl2N4O. The summed E-state index contributed by atoms with van der Waals surface area (Å²) >= 11 is 12.0. The van der Waals surface area contributed by atoms with Crippen LogP contribution in [0.4, 0.5) is 5.82 Å². The van der Waals surface area contributed by atoms with Gasteiger partial charge >= 0.3 is 0 Å². The van der Waals surface area contributed by atoms with Crippen LogP contribution in [0, 0.1) is 5.92 Å². The number of nitrogens with zero attached hydrogens (tertiary/aromatic N) is 4. The molecule has 0 N–H and O–H groups in total. The van der Waals surface area contributed by atoms with Crippen molar-refractivity contribution >= 4 is 40.1 Å². The van der Waals surface area contributed by atoms with Crippen molar-refractivity contribution in [2.75, 3.05) is 24.7 Å². The van der Waals surface area contributed by atoms with Crippen molar-refractivity contribution in [1.82, 2.24) is 15.0 Å². The first kappa shape index (κ1) is 12.6. The van der Waals surface area contributed by atoms with Gasteiger partial charge in [0, 0.05) is 12.5 Å². The van der Waals surface area contributed by atoms with E-state index in [1.807, 2.05) is 6.07 Å². The summed E-state index contributed by atoms with van der Waals surface area (Å²) in [6, 6.07) is 4.02. The lowest BCUT2D eigenvalue weighted by molar-refractivity contribution is 0.0701. The van der Waals surface area contributed by atoms with E-state index in [1.165, 1.54) is 0 Å². The molecule has 0 aliphatic carbocycles. The van der Waals surface area contributed by atoms with E-state index in [1.54, 1.807) is 6.07 Å². The molecule has 2 aliphatic heterocycles. The van der Waals surface area contributed by atoms with Crippen LogP contribution >= 0.6 is 23.2 Å². The summed E-state index contributed by atoms with van der Waals surface area (Å²) in [4.78, 5) is 15.1. The smallest absolute Gasteiger partial charge is 0.226 e. The van der Waals surface area contributed by atoms with Crippen LogP contribution < -0.4 is 4.90 Å². The van der Waals surface area contributed by atoms with Gasteiger partial charge in [0.2, 0.25) is 5.28 Å². The van der Waals surface area contributed by atoms with Gasteiger partial charge in [-0.05, 0) is 30.2 Å². The van der Waals surface area contributed by atoms with Crippen LogP contribution in [0.1, 0.15) is 6.42 Å². The standard InChI is InChI=1S/C13H12Cl2N4O/c14-10-2-1-9-11(16-10)17-13(15)18-12(9)19-4-7-3-8(19)6-20-5-7/h1-2,7-8H,3-6H2. The molecule has 104 valence electrons. The highest BCUT2D eigenvalue weighted by Gasteiger charge is 2.37. The van der Waals surface area contributed by atoms with E-state index in [0.29, 0.717) is 22.8 Å². The van der Waals surface area contributed by atoms with Gasteiger partial charge in [0.1, 0.15) is 11.0 Å². The first-order valence-corrected chi connectivity index (χ1v) is 7.30. The summed E-state index contributed by atoms with van der Waals surface area (Å²) in [5, 5.41) is 1.48. The molecule has 7 heteroatoms. The summed E-state index contributed by atoms with van der Waals surface area (Å²) in [5.41, 5.74) is 0.537. The zero-order valence-electron chi connectivity index (χ0n) is 10.6. The number of fused-ring (bicyclic) bond motifs is 3. The maximum atomic E-state index is 6.03. The van der Waals surface area contributed by atoms with Gasteiger partial charge in [0.25, 0.3) is 0 Å². The third kappa shape index (κ3) is 2.01. The second-order valence-corrected chi connectivity index (χ2v) is 5.99. The maximum Gasteiger partial charge on any atom is 0.226 e. The van der Waals surface area contributed by atoms with Crippen LogP contribution in [-0.2, 0) is 4.74 Å². The van der Waals surface area contributed by atoms with Crippen LogP contribution in [-0.4, -0.2) is 40.8 Å². The Morgan fingerprint density at radius 2 is 2.05 bits per heavy atom. The molecule has 0 spiro atoms. The van der Waals surface area contributed by atoms with Crippen molar-refractivity contribution in [1.29, 1.82) is 0 Å². The van der Waals surface area contributed by atoms with E-state index in [2.05, 4.69) is 19.9 Å². The Bertz CT molecular complexity index is 675. The SMILES string of the molecule is Clc1ccc2c(N3CC4COCC3C4)nc(Cl)nc2n1. The molecule has 5 nitrogen and oxygen atoms in total. The van der Waals surface area contributed by atoms with Gasteiger partial charge in [-0.1, -0.05) is 11.6 Å². The highest BCUT2D eigenvalue weighted by atomic mass is 35.5. The van der Waals surface area contributed by atoms with Gasteiger partial charge in [-0.3, -0.25) is 0 Å². The number of hydrogen-bond donors (Lipinski definition) is 0. The zero-order chi connectivity index (χ0) is 13.7. The van der Waals surface area contributed by atoms with E-state index in [-0.39, 0.29) is 5.28 Å². The number of aromatic nitrogens is 3. The fourth-order valence-electron chi connectivity index (χ4n) is 3.09. The summed E-state index contributed by atoms with van der Waals surface area (Å²) in [6.07, 6.45) is 1.14. The minimum atomic E-state index is 0.199. The molecule has 2 atom stereocenters. The Labute approximate surface area is 125 Å². The highest BCUT2D eigenvalue weighted by molar-refractivity contribution is 6.30. The largest absolute Gasteiger partial charge is 0.379 e. The predicted molar refractivity (Wildman–Crippen MR) is 77.4 cm³/mol. The Balaban J connectivity index is 1.86. The monoisotopic (exact) mass is 310 g/mol. The average molecular weight is 311 g/mol. The highest BCUT2D eigenvalue weighted by Crippen LogP contribution is 2.35. The van der Waals surface area contributed by atoms with Gasteiger partial charge in [0.05, 0.1) is 24.6 Å². The maximum absolute atomic E-state index is 6.03. The third-order valence-electron chi connectivity index (χ3n) is 3.92. The Morgan fingerprint density at radius 1 is 1.15 bits per heavy atom. The molecule has 4 heterocycles. The third-order valence-corrected chi connectivity index (χ3v) is 4.29. The van der Waals surface area contributed by atoms with Crippen LogP contribution in [0.3, 0.4) is 0 Å². The molecule has 4 rings (SSSR count). The fourth-order valence-corrected chi connectivity index (χ4v) is 3.39. The van der Waals surface area contributed by atoms with Crippen LogP contribution in [0.5, 0.6) is 0 Å². The van der Waals surface area contributed by atoms with Crippen molar-refractivity contribution in [3.8, 4) is 0 Å². The molecular weight excluding hydrogens is 299 g/mol. The van der Waals surface area contributed by atoms with E-state index < -0.39 is 0 Å². The quantitative estimate of drug-likeness (QED) is 0.598. The molecule has 0 aromatic carbocycles. The van der Waals surface area contributed by atoms with Gasteiger partial charge in [-0.15, -0.1) is 0 Å². The lowest BCUT2D eigenvalue weighted by atomic mass is 10.1. The fraction of sp³-hybridized carbons (Fsp3) is 0.462. The molecule has 0 radical (unpaired) electrons. The molecule has 2 unspecified atom stereocenters. The van der Waals surface area contributed by atoms with Crippen LogP contribution in [0.25, 0.3) is 11.0 Å². The number of ether oxygens (including phenoxy) is 1. The van der Waals surface area contributed by atoms with E-state index in [0.717, 1.165) is 37.4 Å². The molecule has 20 heavy (non-hydrogen) atoms. The summed E-state index contributed by atoms with van der Waals surface area (Å²) in [6.45, 7) is 2.50. The Hall–Kier alpha value is -1.17. The minimum Gasteiger partial charge on any atom is -0.379 e. The molecule has 2 aliphatic rings. The Kier molecular flexibility index (Phi) is 2.94. The number of anilines is 1. The summed E-state index contributed by atoms with van der Waals surface area (Å²) < 4.78 is 5.61. The summed E-state index contributed by atoms with van der Waals surface area (Å²) in [5.74, 6) is 1.40. The molecule has 2 bridgehead atoms. The van der Waals surface area contributed by atoms with Crippen molar-refractivity contribution in [3.63, 3.8) is 0 Å². The number of pyridine rings is 1.